The smallest absolute Gasteiger partial charge is 0.341 e. The van der Waals surface area contributed by atoms with E-state index in [9.17, 15) is 9.59 Å². The quantitative estimate of drug-likeness (QED) is 0.779. The number of urea groups is 1. The van der Waals surface area contributed by atoms with E-state index in [1.807, 2.05) is 27.7 Å². The van der Waals surface area contributed by atoms with E-state index in [4.69, 9.17) is 9.84 Å². The number of carbonyl (C=O) groups excluding carboxylic acids is 1. The number of nitrogens with one attached hydrogen (secondary N) is 2. The van der Waals surface area contributed by atoms with E-state index in [1.54, 1.807) is 24.3 Å². The van der Waals surface area contributed by atoms with Crippen LogP contribution in [-0.4, -0.2) is 29.8 Å². The molecule has 0 saturated carbocycles. The molecule has 0 fully saturated rings. The molecule has 1 unspecified atom stereocenters. The summed E-state index contributed by atoms with van der Waals surface area (Å²) >= 11 is 0. The summed E-state index contributed by atoms with van der Waals surface area (Å²) in [7, 11) is 0. The summed E-state index contributed by atoms with van der Waals surface area (Å²) in [4.78, 5) is 22.5. The van der Waals surface area contributed by atoms with E-state index in [1.165, 1.54) is 0 Å². The minimum atomic E-state index is -1.07. The van der Waals surface area contributed by atoms with Crippen LogP contribution in [-0.2, 0) is 4.79 Å². The second-order valence-corrected chi connectivity index (χ2v) is 5.86. The molecule has 1 atom stereocenters. The van der Waals surface area contributed by atoms with Crippen LogP contribution in [0.3, 0.4) is 0 Å². The Labute approximate surface area is 124 Å². The van der Waals surface area contributed by atoms with Crippen molar-refractivity contribution in [3.8, 4) is 5.75 Å². The molecule has 6 heteroatoms. The van der Waals surface area contributed by atoms with Gasteiger partial charge in [-0.3, -0.25) is 0 Å². The highest BCUT2D eigenvalue weighted by molar-refractivity contribution is 5.91. The molecule has 3 N–H and O–H groups in total. The maximum atomic E-state index is 12.0. The van der Waals surface area contributed by atoms with Crippen LogP contribution < -0.4 is 15.4 Å². The summed E-state index contributed by atoms with van der Waals surface area (Å²) < 4.78 is 5.13. The van der Waals surface area contributed by atoms with E-state index < -0.39 is 12.6 Å². The number of anilines is 1. The van der Waals surface area contributed by atoms with Crippen LogP contribution in [0.15, 0.2) is 24.3 Å². The van der Waals surface area contributed by atoms with Crippen LogP contribution >= 0.6 is 0 Å². The van der Waals surface area contributed by atoms with Gasteiger partial charge in [-0.1, -0.05) is 32.9 Å². The molecule has 0 aromatic heterocycles. The lowest BCUT2D eigenvalue weighted by Crippen LogP contribution is -2.43. The lowest BCUT2D eigenvalue weighted by molar-refractivity contribution is -0.139. The number of benzene rings is 1. The van der Waals surface area contributed by atoms with Gasteiger partial charge in [0, 0.05) is 6.04 Å². The monoisotopic (exact) mass is 294 g/mol. The maximum absolute atomic E-state index is 12.0. The topological polar surface area (TPSA) is 87.7 Å². The Balaban J connectivity index is 2.70. The van der Waals surface area contributed by atoms with Crippen LogP contribution in [0.5, 0.6) is 5.75 Å². The van der Waals surface area contributed by atoms with Crippen molar-refractivity contribution in [1.29, 1.82) is 0 Å². The van der Waals surface area contributed by atoms with E-state index in [2.05, 4.69) is 10.6 Å². The normalized spacial score (nSPS) is 12.4. The molecule has 0 spiro atoms. The second kappa shape index (κ2) is 6.97. The third-order valence-electron chi connectivity index (χ3n) is 3.13. The molecule has 2 amide bonds. The van der Waals surface area contributed by atoms with Crippen molar-refractivity contribution in [3.63, 3.8) is 0 Å². The van der Waals surface area contributed by atoms with Gasteiger partial charge in [0.2, 0.25) is 0 Å². The van der Waals surface area contributed by atoms with Crippen molar-refractivity contribution >= 4 is 17.7 Å². The predicted octanol–water partition coefficient (Wildman–Crippen LogP) is 2.71. The second-order valence-electron chi connectivity index (χ2n) is 5.86. The highest BCUT2D eigenvalue weighted by atomic mass is 16.5. The third kappa shape index (κ3) is 5.72. The number of para-hydroxylation sites is 2. The summed E-state index contributed by atoms with van der Waals surface area (Å²) in [5, 5.41) is 14.1. The fraction of sp³-hybridized carbons (Fsp3) is 0.467. The molecule has 6 nitrogen and oxygen atoms in total. The van der Waals surface area contributed by atoms with Gasteiger partial charge in [-0.05, 0) is 24.5 Å². The molecule has 0 bridgehead atoms. The van der Waals surface area contributed by atoms with Crippen molar-refractivity contribution in [2.45, 2.75) is 33.7 Å². The number of carboxylic acid groups (broad SMARTS) is 1. The van der Waals surface area contributed by atoms with Gasteiger partial charge < -0.3 is 20.5 Å². The summed E-state index contributed by atoms with van der Waals surface area (Å²) in [6.07, 6.45) is 0. The van der Waals surface area contributed by atoms with Crippen LogP contribution in [0.1, 0.15) is 27.7 Å². The van der Waals surface area contributed by atoms with Crippen LogP contribution in [0.2, 0.25) is 0 Å². The number of amides is 2. The lowest BCUT2D eigenvalue weighted by Gasteiger charge is -2.28. The van der Waals surface area contributed by atoms with Crippen molar-refractivity contribution in [2.75, 3.05) is 11.9 Å². The van der Waals surface area contributed by atoms with Crippen molar-refractivity contribution in [2.24, 2.45) is 5.41 Å². The summed E-state index contributed by atoms with van der Waals surface area (Å²) in [6.45, 7) is 7.55. The molecule has 0 radical (unpaired) electrons. The number of aliphatic carboxylic acids is 1. The molecule has 0 aliphatic heterocycles. The van der Waals surface area contributed by atoms with Gasteiger partial charge in [0.05, 0.1) is 5.69 Å². The Hall–Kier alpha value is -2.24. The number of rotatable bonds is 5. The highest BCUT2D eigenvalue weighted by Gasteiger charge is 2.22. The van der Waals surface area contributed by atoms with Gasteiger partial charge in [0.25, 0.3) is 0 Å². The van der Waals surface area contributed by atoms with Crippen LogP contribution in [0.4, 0.5) is 10.5 Å². The Morgan fingerprint density at radius 1 is 1.29 bits per heavy atom. The molecule has 1 aromatic rings. The molecule has 0 aliphatic carbocycles. The Morgan fingerprint density at radius 3 is 2.48 bits per heavy atom. The number of carbonyl (C=O) groups is 2. The van der Waals surface area contributed by atoms with Gasteiger partial charge >= 0.3 is 12.0 Å². The number of carboxylic acids is 1. The van der Waals surface area contributed by atoms with Gasteiger partial charge in [-0.2, -0.15) is 0 Å². The van der Waals surface area contributed by atoms with Crippen molar-refractivity contribution in [1.82, 2.24) is 5.32 Å². The number of hydrogen-bond donors (Lipinski definition) is 3. The predicted molar refractivity (Wildman–Crippen MR) is 80.6 cm³/mol. The Morgan fingerprint density at radius 2 is 1.90 bits per heavy atom. The molecule has 0 saturated heterocycles. The minimum Gasteiger partial charge on any atom is -0.480 e. The fourth-order valence-electron chi connectivity index (χ4n) is 1.41. The first-order chi connectivity index (χ1) is 9.70. The zero-order valence-electron chi connectivity index (χ0n) is 12.8. The molecule has 0 heterocycles. The van der Waals surface area contributed by atoms with Gasteiger partial charge in [0.15, 0.2) is 6.61 Å². The number of ether oxygens (including phenoxy) is 1. The molecule has 1 rings (SSSR count). The highest BCUT2D eigenvalue weighted by Crippen LogP contribution is 2.24. The minimum absolute atomic E-state index is 0.0235. The average Bonchev–Trinajstić information content (AvgIpc) is 2.36. The fourth-order valence-corrected chi connectivity index (χ4v) is 1.41. The zero-order chi connectivity index (χ0) is 16.0. The molecule has 1 aromatic carbocycles. The molecular formula is C15H22N2O4. The van der Waals surface area contributed by atoms with E-state index in [-0.39, 0.29) is 17.5 Å². The van der Waals surface area contributed by atoms with E-state index in [0.717, 1.165) is 0 Å². The van der Waals surface area contributed by atoms with E-state index >= 15 is 0 Å². The van der Waals surface area contributed by atoms with Gasteiger partial charge in [0.1, 0.15) is 5.75 Å². The zero-order valence-corrected chi connectivity index (χ0v) is 12.8. The van der Waals surface area contributed by atoms with Gasteiger partial charge in [-0.25, -0.2) is 9.59 Å². The van der Waals surface area contributed by atoms with Gasteiger partial charge in [-0.15, -0.1) is 0 Å². The van der Waals surface area contributed by atoms with E-state index in [0.29, 0.717) is 11.4 Å². The largest absolute Gasteiger partial charge is 0.480 e. The third-order valence-corrected chi connectivity index (χ3v) is 3.13. The molecule has 21 heavy (non-hydrogen) atoms. The average molecular weight is 294 g/mol. The summed E-state index contributed by atoms with van der Waals surface area (Å²) in [5.41, 5.74) is 0.369. The van der Waals surface area contributed by atoms with Crippen molar-refractivity contribution < 1.29 is 19.4 Å². The summed E-state index contributed by atoms with van der Waals surface area (Å²) in [5.74, 6) is -0.755. The summed E-state index contributed by atoms with van der Waals surface area (Å²) in [6, 6.07) is 6.31. The maximum Gasteiger partial charge on any atom is 0.341 e. The first kappa shape index (κ1) is 16.8. The van der Waals surface area contributed by atoms with Crippen molar-refractivity contribution in [3.05, 3.63) is 24.3 Å². The molecular weight excluding hydrogens is 272 g/mol. The molecule has 0 aliphatic rings. The SMILES string of the molecule is CC(NC(=O)Nc1ccccc1OCC(=O)O)C(C)(C)C. The van der Waals surface area contributed by atoms with Crippen LogP contribution in [0, 0.1) is 5.41 Å². The lowest BCUT2D eigenvalue weighted by atomic mass is 9.88. The first-order valence-corrected chi connectivity index (χ1v) is 6.71. The Bertz CT molecular complexity index is 509. The number of hydrogen-bond acceptors (Lipinski definition) is 3. The Kier molecular flexibility index (Phi) is 5.58. The van der Waals surface area contributed by atoms with Crippen LogP contribution in [0.25, 0.3) is 0 Å². The molecule has 116 valence electrons. The standard InChI is InChI=1S/C15H22N2O4/c1-10(15(2,3)4)16-14(20)17-11-7-5-6-8-12(11)21-9-13(18)19/h5-8,10H,9H2,1-4H3,(H,18,19)(H2,16,17,20). The first-order valence-electron chi connectivity index (χ1n) is 6.71.